The maximum atomic E-state index is 13.5. The Morgan fingerprint density at radius 3 is 2.71 bits per heavy atom. The van der Waals surface area contributed by atoms with Crippen LogP contribution in [-0.4, -0.2) is 12.5 Å². The summed E-state index contributed by atoms with van der Waals surface area (Å²) in [6.45, 7) is 2.06. The van der Waals surface area contributed by atoms with Gasteiger partial charge < -0.3 is 11.1 Å². The molecule has 0 saturated carbocycles. The first-order valence-corrected chi connectivity index (χ1v) is 5.52. The largest absolute Gasteiger partial charge is 0.349 e. The average Bonchev–Trinajstić information content (AvgIpc) is 2.27. The monoisotopic (exact) mass is 242 g/mol. The zero-order chi connectivity index (χ0) is 12.8. The molecule has 0 aliphatic rings. The van der Waals surface area contributed by atoms with Crippen LogP contribution in [-0.2, 0) is 4.79 Å². The molecule has 1 aromatic carbocycles. The number of rotatable bonds is 5. The van der Waals surface area contributed by atoms with Gasteiger partial charge in [-0.25, -0.2) is 8.78 Å². The molecule has 0 bridgehead atoms. The van der Waals surface area contributed by atoms with E-state index in [4.69, 9.17) is 5.73 Å². The minimum Gasteiger partial charge on any atom is -0.349 e. The van der Waals surface area contributed by atoms with Gasteiger partial charge in [0.15, 0.2) is 0 Å². The van der Waals surface area contributed by atoms with Crippen molar-refractivity contribution >= 4 is 5.91 Å². The molecule has 0 saturated heterocycles. The Morgan fingerprint density at radius 1 is 1.47 bits per heavy atom. The first kappa shape index (κ1) is 13.6. The Bertz CT molecular complexity index is 396. The van der Waals surface area contributed by atoms with E-state index in [1.165, 1.54) is 12.1 Å². The maximum absolute atomic E-state index is 13.5. The molecular weight excluding hydrogens is 226 g/mol. The van der Waals surface area contributed by atoms with Gasteiger partial charge in [0.2, 0.25) is 5.91 Å². The van der Waals surface area contributed by atoms with Gasteiger partial charge >= 0.3 is 0 Å². The zero-order valence-corrected chi connectivity index (χ0v) is 9.67. The highest BCUT2D eigenvalue weighted by Gasteiger charge is 2.16. The molecular formula is C12H16F2N2O. The van der Waals surface area contributed by atoms with Crippen LogP contribution >= 0.6 is 0 Å². The van der Waals surface area contributed by atoms with E-state index < -0.39 is 17.7 Å². The number of hydrogen-bond acceptors (Lipinski definition) is 2. The van der Waals surface area contributed by atoms with Crippen molar-refractivity contribution in [2.45, 2.75) is 25.8 Å². The Balaban J connectivity index is 2.82. The lowest BCUT2D eigenvalue weighted by Crippen LogP contribution is -2.30. The third-order valence-electron chi connectivity index (χ3n) is 2.45. The molecule has 0 fully saturated rings. The molecule has 1 unspecified atom stereocenters. The van der Waals surface area contributed by atoms with Crippen molar-refractivity contribution in [2.75, 3.05) is 6.54 Å². The fourth-order valence-electron chi connectivity index (χ4n) is 1.58. The van der Waals surface area contributed by atoms with Crippen molar-refractivity contribution < 1.29 is 13.6 Å². The van der Waals surface area contributed by atoms with Crippen molar-refractivity contribution in [3.8, 4) is 0 Å². The second kappa shape index (κ2) is 6.30. The summed E-state index contributed by atoms with van der Waals surface area (Å²) < 4.78 is 26.3. The van der Waals surface area contributed by atoms with Gasteiger partial charge in [-0.2, -0.15) is 0 Å². The summed E-state index contributed by atoms with van der Waals surface area (Å²) in [5, 5.41) is 2.66. The predicted octanol–water partition coefficient (Wildman–Crippen LogP) is 1.88. The lowest BCUT2D eigenvalue weighted by Gasteiger charge is -2.18. The van der Waals surface area contributed by atoms with E-state index in [-0.39, 0.29) is 18.9 Å². The van der Waals surface area contributed by atoms with Gasteiger partial charge in [-0.15, -0.1) is 0 Å². The van der Waals surface area contributed by atoms with Crippen LogP contribution in [0, 0.1) is 11.6 Å². The van der Waals surface area contributed by atoms with E-state index >= 15 is 0 Å². The molecule has 17 heavy (non-hydrogen) atoms. The molecule has 0 spiro atoms. The molecule has 5 heteroatoms. The van der Waals surface area contributed by atoms with Crippen molar-refractivity contribution in [1.82, 2.24) is 5.32 Å². The molecule has 94 valence electrons. The fourth-order valence-corrected chi connectivity index (χ4v) is 1.58. The molecule has 0 aliphatic heterocycles. The summed E-state index contributed by atoms with van der Waals surface area (Å²) >= 11 is 0. The summed E-state index contributed by atoms with van der Waals surface area (Å²) in [6, 6.07) is 2.89. The van der Waals surface area contributed by atoms with Gasteiger partial charge in [-0.05, 0) is 12.5 Å². The number of amides is 1. The van der Waals surface area contributed by atoms with Gasteiger partial charge in [-0.3, -0.25) is 4.79 Å². The van der Waals surface area contributed by atoms with E-state index in [0.29, 0.717) is 12.0 Å². The Hall–Kier alpha value is -1.49. The van der Waals surface area contributed by atoms with Gasteiger partial charge in [0.1, 0.15) is 11.6 Å². The number of nitrogens with one attached hydrogen (secondary N) is 1. The summed E-state index contributed by atoms with van der Waals surface area (Å²) in [5.74, 6) is -1.51. The summed E-state index contributed by atoms with van der Waals surface area (Å²) in [5.41, 5.74) is 5.54. The zero-order valence-electron chi connectivity index (χ0n) is 9.67. The first-order valence-electron chi connectivity index (χ1n) is 5.52. The Morgan fingerprint density at radius 2 is 2.18 bits per heavy atom. The Kier molecular flexibility index (Phi) is 5.03. The van der Waals surface area contributed by atoms with Crippen LogP contribution < -0.4 is 11.1 Å². The normalized spacial score (nSPS) is 12.2. The number of halogens is 2. The van der Waals surface area contributed by atoms with Crippen LogP contribution in [0.15, 0.2) is 18.2 Å². The highest BCUT2D eigenvalue weighted by atomic mass is 19.1. The topological polar surface area (TPSA) is 55.1 Å². The molecule has 0 aromatic heterocycles. The molecule has 0 heterocycles. The second-order valence-electron chi connectivity index (χ2n) is 3.73. The number of hydrogen-bond donors (Lipinski definition) is 2. The average molecular weight is 242 g/mol. The summed E-state index contributed by atoms with van der Waals surface area (Å²) in [6.07, 6.45) is 0.720. The lowest BCUT2D eigenvalue weighted by molar-refractivity contribution is -0.121. The maximum Gasteiger partial charge on any atom is 0.221 e. The Labute approximate surface area is 99.0 Å². The number of nitrogens with two attached hydrogens (primary N) is 1. The predicted molar refractivity (Wildman–Crippen MR) is 61.2 cm³/mol. The SMILES string of the molecule is CCC(NC(=O)CCN)c1ccc(F)cc1F. The third-order valence-corrected chi connectivity index (χ3v) is 2.45. The van der Waals surface area contributed by atoms with Crippen LogP contribution in [0.1, 0.15) is 31.4 Å². The molecule has 0 aliphatic carbocycles. The highest BCUT2D eigenvalue weighted by Crippen LogP contribution is 2.20. The second-order valence-corrected chi connectivity index (χ2v) is 3.73. The highest BCUT2D eigenvalue weighted by molar-refractivity contribution is 5.76. The summed E-state index contributed by atoms with van der Waals surface area (Å²) in [7, 11) is 0. The molecule has 1 rings (SSSR count). The van der Waals surface area contributed by atoms with E-state index in [1.54, 1.807) is 0 Å². The fraction of sp³-hybridized carbons (Fsp3) is 0.417. The van der Waals surface area contributed by atoms with Gasteiger partial charge in [0, 0.05) is 24.6 Å². The van der Waals surface area contributed by atoms with Crippen LogP contribution in [0.5, 0.6) is 0 Å². The number of carbonyl (C=O) groups excluding carboxylic acids is 1. The number of carbonyl (C=O) groups is 1. The molecule has 3 nitrogen and oxygen atoms in total. The first-order chi connectivity index (χ1) is 8.08. The van der Waals surface area contributed by atoms with Crippen molar-refractivity contribution in [3.05, 3.63) is 35.4 Å². The van der Waals surface area contributed by atoms with Crippen LogP contribution in [0.2, 0.25) is 0 Å². The van der Waals surface area contributed by atoms with Crippen molar-refractivity contribution in [2.24, 2.45) is 5.73 Å². The van der Waals surface area contributed by atoms with Gasteiger partial charge in [0.05, 0.1) is 6.04 Å². The van der Waals surface area contributed by atoms with Crippen LogP contribution in [0.4, 0.5) is 8.78 Å². The van der Waals surface area contributed by atoms with E-state index in [2.05, 4.69) is 5.32 Å². The van der Waals surface area contributed by atoms with E-state index in [0.717, 1.165) is 6.07 Å². The standard InChI is InChI=1S/C12H16F2N2O/c1-2-11(16-12(17)5-6-15)9-4-3-8(13)7-10(9)14/h3-4,7,11H,2,5-6,15H2,1H3,(H,16,17). The number of benzene rings is 1. The lowest BCUT2D eigenvalue weighted by atomic mass is 10.0. The summed E-state index contributed by atoms with van der Waals surface area (Å²) in [4.78, 5) is 11.4. The van der Waals surface area contributed by atoms with Crippen LogP contribution in [0.25, 0.3) is 0 Å². The molecule has 1 atom stereocenters. The van der Waals surface area contributed by atoms with E-state index in [1.807, 2.05) is 6.92 Å². The molecule has 0 radical (unpaired) electrons. The van der Waals surface area contributed by atoms with Gasteiger partial charge in [-0.1, -0.05) is 13.0 Å². The van der Waals surface area contributed by atoms with Gasteiger partial charge in [0.25, 0.3) is 0 Å². The quantitative estimate of drug-likeness (QED) is 0.828. The minimum absolute atomic E-state index is 0.194. The van der Waals surface area contributed by atoms with Crippen LogP contribution in [0.3, 0.4) is 0 Å². The van der Waals surface area contributed by atoms with Crippen molar-refractivity contribution in [3.63, 3.8) is 0 Å². The molecule has 3 N–H and O–H groups in total. The van der Waals surface area contributed by atoms with E-state index in [9.17, 15) is 13.6 Å². The third kappa shape index (κ3) is 3.78. The minimum atomic E-state index is -0.648. The molecule has 1 aromatic rings. The van der Waals surface area contributed by atoms with Crippen molar-refractivity contribution in [1.29, 1.82) is 0 Å². The molecule has 1 amide bonds. The smallest absolute Gasteiger partial charge is 0.221 e.